The Hall–Kier alpha value is -2.04. The van der Waals surface area contributed by atoms with Crippen molar-refractivity contribution in [1.82, 2.24) is 5.32 Å². The SMILES string of the molecule is COc1c(C(=O)NCc2ccccc2)sc2ccc(Cl)cc12. The fourth-order valence-corrected chi connectivity index (χ4v) is 3.50. The Bertz CT molecular complexity index is 814. The summed E-state index contributed by atoms with van der Waals surface area (Å²) in [6, 6.07) is 15.3. The summed E-state index contributed by atoms with van der Waals surface area (Å²) in [5, 5.41) is 4.41. The number of nitrogens with one attached hydrogen (secondary N) is 1. The molecule has 5 heteroatoms. The van der Waals surface area contributed by atoms with E-state index in [-0.39, 0.29) is 5.91 Å². The summed E-state index contributed by atoms with van der Waals surface area (Å²) in [6.07, 6.45) is 0. The number of thiophene rings is 1. The van der Waals surface area contributed by atoms with Crippen LogP contribution in [0.1, 0.15) is 15.2 Å². The van der Waals surface area contributed by atoms with Crippen LogP contribution in [0.15, 0.2) is 48.5 Å². The molecule has 0 bridgehead atoms. The first-order valence-corrected chi connectivity index (χ1v) is 7.96. The van der Waals surface area contributed by atoms with Gasteiger partial charge in [-0.3, -0.25) is 4.79 Å². The van der Waals surface area contributed by atoms with Crippen LogP contribution in [0.3, 0.4) is 0 Å². The van der Waals surface area contributed by atoms with E-state index in [0.29, 0.717) is 22.2 Å². The second-order valence-electron chi connectivity index (χ2n) is 4.77. The highest BCUT2D eigenvalue weighted by atomic mass is 35.5. The lowest BCUT2D eigenvalue weighted by atomic mass is 10.2. The molecule has 112 valence electrons. The predicted molar refractivity (Wildman–Crippen MR) is 91.0 cm³/mol. The van der Waals surface area contributed by atoms with Crippen LogP contribution in [-0.2, 0) is 6.54 Å². The zero-order valence-electron chi connectivity index (χ0n) is 11.9. The van der Waals surface area contributed by atoms with E-state index in [1.54, 1.807) is 7.11 Å². The molecule has 0 aliphatic heterocycles. The third-order valence-electron chi connectivity index (χ3n) is 3.31. The molecule has 0 saturated heterocycles. The van der Waals surface area contributed by atoms with Gasteiger partial charge in [0.05, 0.1) is 7.11 Å². The lowest BCUT2D eigenvalue weighted by Crippen LogP contribution is -2.22. The van der Waals surface area contributed by atoms with Gasteiger partial charge in [0.25, 0.3) is 5.91 Å². The number of methoxy groups -OCH3 is 1. The molecule has 0 aliphatic rings. The maximum Gasteiger partial charge on any atom is 0.265 e. The number of halogens is 1. The summed E-state index contributed by atoms with van der Waals surface area (Å²) in [6.45, 7) is 0.484. The van der Waals surface area contributed by atoms with Gasteiger partial charge in [-0.05, 0) is 23.8 Å². The Labute approximate surface area is 137 Å². The normalized spacial score (nSPS) is 10.6. The van der Waals surface area contributed by atoms with Crippen LogP contribution < -0.4 is 10.1 Å². The molecular weight excluding hydrogens is 318 g/mol. The van der Waals surface area contributed by atoms with Gasteiger partial charge in [0.15, 0.2) is 0 Å². The molecule has 22 heavy (non-hydrogen) atoms. The van der Waals surface area contributed by atoms with Gasteiger partial charge in [-0.2, -0.15) is 0 Å². The lowest BCUT2D eigenvalue weighted by molar-refractivity contribution is 0.0952. The molecule has 0 saturated carbocycles. The standard InChI is InChI=1S/C17H14ClNO2S/c1-21-15-13-9-12(18)7-8-14(13)22-16(15)17(20)19-10-11-5-3-2-4-6-11/h2-9H,10H2,1H3,(H,19,20). The van der Waals surface area contributed by atoms with E-state index in [1.807, 2.05) is 48.5 Å². The molecule has 3 nitrogen and oxygen atoms in total. The highest BCUT2D eigenvalue weighted by Crippen LogP contribution is 2.38. The third-order valence-corrected chi connectivity index (χ3v) is 4.70. The zero-order valence-corrected chi connectivity index (χ0v) is 13.5. The maximum absolute atomic E-state index is 12.4. The second kappa shape index (κ2) is 6.38. The van der Waals surface area contributed by atoms with E-state index in [1.165, 1.54) is 11.3 Å². The van der Waals surface area contributed by atoms with Crippen molar-refractivity contribution in [3.63, 3.8) is 0 Å². The van der Waals surface area contributed by atoms with Gasteiger partial charge in [0.2, 0.25) is 0 Å². The molecule has 0 atom stereocenters. The third kappa shape index (κ3) is 2.93. The van der Waals surface area contributed by atoms with E-state index >= 15 is 0 Å². The Kier molecular flexibility index (Phi) is 4.32. The van der Waals surface area contributed by atoms with Crippen molar-refractivity contribution in [2.75, 3.05) is 7.11 Å². The summed E-state index contributed by atoms with van der Waals surface area (Å²) in [5.74, 6) is 0.436. The monoisotopic (exact) mass is 331 g/mol. The molecule has 2 aromatic carbocycles. The zero-order chi connectivity index (χ0) is 15.5. The topological polar surface area (TPSA) is 38.3 Å². The molecule has 0 aliphatic carbocycles. The minimum Gasteiger partial charge on any atom is -0.494 e. The summed E-state index contributed by atoms with van der Waals surface area (Å²) in [7, 11) is 1.57. The van der Waals surface area contributed by atoms with Crippen molar-refractivity contribution >= 4 is 38.9 Å². The van der Waals surface area contributed by atoms with Crippen LogP contribution in [-0.4, -0.2) is 13.0 Å². The average molecular weight is 332 g/mol. The number of fused-ring (bicyclic) bond motifs is 1. The van der Waals surface area contributed by atoms with Crippen molar-refractivity contribution < 1.29 is 9.53 Å². The van der Waals surface area contributed by atoms with Crippen LogP contribution in [0.5, 0.6) is 5.75 Å². The van der Waals surface area contributed by atoms with E-state index < -0.39 is 0 Å². The molecule has 1 N–H and O–H groups in total. The molecule has 0 fully saturated rings. The Morgan fingerprint density at radius 3 is 2.73 bits per heavy atom. The van der Waals surface area contributed by atoms with Gasteiger partial charge in [-0.1, -0.05) is 41.9 Å². The molecule has 0 radical (unpaired) electrons. The first kappa shape index (κ1) is 14.9. The minimum atomic E-state index is -0.141. The van der Waals surface area contributed by atoms with Crippen molar-refractivity contribution in [2.24, 2.45) is 0 Å². The van der Waals surface area contributed by atoms with Gasteiger partial charge in [0, 0.05) is 21.7 Å². The molecule has 1 heterocycles. The number of ether oxygens (including phenoxy) is 1. The van der Waals surface area contributed by atoms with Gasteiger partial charge >= 0.3 is 0 Å². The van der Waals surface area contributed by atoms with Crippen molar-refractivity contribution in [2.45, 2.75) is 6.54 Å². The highest BCUT2D eigenvalue weighted by Gasteiger charge is 2.19. The summed E-state index contributed by atoms with van der Waals surface area (Å²) in [4.78, 5) is 13.0. The molecule has 1 amide bonds. The Morgan fingerprint density at radius 2 is 2.00 bits per heavy atom. The van der Waals surface area contributed by atoms with Crippen molar-refractivity contribution in [3.8, 4) is 5.75 Å². The fourth-order valence-electron chi connectivity index (χ4n) is 2.26. The highest BCUT2D eigenvalue weighted by molar-refractivity contribution is 7.21. The molecule has 3 rings (SSSR count). The number of benzene rings is 2. The van der Waals surface area contributed by atoms with E-state index in [4.69, 9.17) is 16.3 Å². The van der Waals surface area contributed by atoms with E-state index in [0.717, 1.165) is 15.6 Å². The number of rotatable bonds is 4. The average Bonchev–Trinajstić information content (AvgIpc) is 2.91. The van der Waals surface area contributed by atoms with Crippen LogP contribution in [0.4, 0.5) is 0 Å². The molecule has 0 spiro atoms. The smallest absolute Gasteiger partial charge is 0.265 e. The number of hydrogen-bond donors (Lipinski definition) is 1. The van der Waals surface area contributed by atoms with Crippen LogP contribution in [0.25, 0.3) is 10.1 Å². The minimum absolute atomic E-state index is 0.141. The Balaban J connectivity index is 1.87. The van der Waals surface area contributed by atoms with Gasteiger partial charge in [0.1, 0.15) is 10.6 Å². The predicted octanol–water partition coefficient (Wildman–Crippen LogP) is 4.49. The molecule has 1 aromatic heterocycles. The number of carbonyl (C=O) groups excluding carboxylic acids is 1. The molecule has 0 unspecified atom stereocenters. The second-order valence-corrected chi connectivity index (χ2v) is 6.26. The maximum atomic E-state index is 12.4. The van der Waals surface area contributed by atoms with Gasteiger partial charge in [-0.15, -0.1) is 11.3 Å². The quantitative estimate of drug-likeness (QED) is 0.764. The van der Waals surface area contributed by atoms with Crippen LogP contribution in [0, 0.1) is 0 Å². The fraction of sp³-hybridized carbons (Fsp3) is 0.118. The van der Waals surface area contributed by atoms with E-state index in [9.17, 15) is 4.79 Å². The van der Waals surface area contributed by atoms with Gasteiger partial charge in [-0.25, -0.2) is 0 Å². The first-order chi connectivity index (χ1) is 10.7. The van der Waals surface area contributed by atoms with Crippen LogP contribution in [0.2, 0.25) is 5.02 Å². The summed E-state index contributed by atoms with van der Waals surface area (Å²) in [5.41, 5.74) is 1.05. The van der Waals surface area contributed by atoms with Crippen molar-refractivity contribution in [1.29, 1.82) is 0 Å². The summed E-state index contributed by atoms with van der Waals surface area (Å²) >= 11 is 7.43. The number of amides is 1. The molecule has 3 aromatic rings. The van der Waals surface area contributed by atoms with Crippen LogP contribution >= 0.6 is 22.9 Å². The number of carbonyl (C=O) groups is 1. The summed E-state index contributed by atoms with van der Waals surface area (Å²) < 4.78 is 6.40. The van der Waals surface area contributed by atoms with Gasteiger partial charge < -0.3 is 10.1 Å². The lowest BCUT2D eigenvalue weighted by Gasteiger charge is -2.06. The molecular formula is C17H14ClNO2S. The largest absolute Gasteiger partial charge is 0.494 e. The van der Waals surface area contributed by atoms with E-state index in [2.05, 4.69) is 5.32 Å². The first-order valence-electron chi connectivity index (χ1n) is 6.77. The Morgan fingerprint density at radius 1 is 1.23 bits per heavy atom. The van der Waals surface area contributed by atoms with Crippen molar-refractivity contribution in [3.05, 3.63) is 64.0 Å². The number of hydrogen-bond acceptors (Lipinski definition) is 3.